The molecule has 1 amide bonds. The van der Waals surface area contributed by atoms with Crippen LogP contribution >= 0.6 is 0 Å². The summed E-state index contributed by atoms with van der Waals surface area (Å²) in [6, 6.07) is 22.7. The molecule has 0 fully saturated rings. The highest BCUT2D eigenvalue weighted by Gasteiger charge is 2.42. The van der Waals surface area contributed by atoms with Crippen molar-refractivity contribution in [3.63, 3.8) is 0 Å². The second-order valence-electron chi connectivity index (χ2n) is 9.08. The molecule has 5 rings (SSSR count). The molecule has 1 atom stereocenters. The fourth-order valence-electron chi connectivity index (χ4n) is 4.71. The minimum Gasteiger partial charge on any atom is -0.494 e. The second-order valence-corrected chi connectivity index (χ2v) is 9.08. The fourth-order valence-corrected chi connectivity index (χ4v) is 4.71. The molecule has 0 radical (unpaired) electrons. The molecule has 2 heterocycles. The molecule has 178 valence electrons. The van der Waals surface area contributed by atoms with Crippen molar-refractivity contribution < 1.29 is 13.9 Å². The summed E-state index contributed by atoms with van der Waals surface area (Å²) >= 11 is 0. The monoisotopic (exact) mass is 467 g/mol. The van der Waals surface area contributed by atoms with Gasteiger partial charge in [0.25, 0.3) is 5.91 Å². The van der Waals surface area contributed by atoms with Crippen molar-refractivity contribution in [2.24, 2.45) is 0 Å². The predicted molar refractivity (Wildman–Crippen MR) is 137 cm³/mol. The number of carbonyl (C=O) groups excluding carboxylic acids is 1. The van der Waals surface area contributed by atoms with Crippen LogP contribution in [0.5, 0.6) is 5.75 Å². The lowest BCUT2D eigenvalue weighted by Crippen LogP contribution is -2.31. The van der Waals surface area contributed by atoms with E-state index in [9.17, 15) is 9.59 Å². The molecule has 0 spiro atoms. The number of rotatable bonds is 8. The first kappa shape index (κ1) is 22.9. The maximum Gasteiger partial charge on any atom is 0.290 e. The summed E-state index contributed by atoms with van der Waals surface area (Å²) < 4.78 is 12.0. The molecule has 0 saturated heterocycles. The van der Waals surface area contributed by atoms with Gasteiger partial charge in [0.15, 0.2) is 5.43 Å². The standard InChI is InChI=1S/C30H29NO4/c1-3-4-17-34-23-12-8-11-22(19-23)27-26-28(32)24-18-20(2)13-14-25(24)35-29(26)30(33)31(27)16-15-21-9-6-5-7-10-21/h5-14,18-19,27H,3-4,15-17H2,1-2H3. The summed E-state index contributed by atoms with van der Waals surface area (Å²) in [6.07, 6.45) is 2.69. The maximum atomic E-state index is 13.7. The number of hydrogen-bond acceptors (Lipinski definition) is 4. The Balaban J connectivity index is 1.60. The van der Waals surface area contributed by atoms with Crippen LogP contribution in [0.4, 0.5) is 0 Å². The minimum absolute atomic E-state index is 0.140. The Bertz CT molecular complexity index is 1420. The topological polar surface area (TPSA) is 59.8 Å². The third kappa shape index (κ3) is 4.46. The van der Waals surface area contributed by atoms with E-state index in [-0.39, 0.29) is 17.1 Å². The summed E-state index contributed by atoms with van der Waals surface area (Å²) in [5, 5.41) is 0.502. The van der Waals surface area contributed by atoms with Gasteiger partial charge in [0.1, 0.15) is 11.3 Å². The van der Waals surface area contributed by atoms with Crippen LogP contribution in [-0.4, -0.2) is 24.0 Å². The van der Waals surface area contributed by atoms with Crippen LogP contribution < -0.4 is 10.2 Å². The molecule has 0 N–H and O–H groups in total. The Morgan fingerprint density at radius 2 is 1.80 bits per heavy atom. The van der Waals surface area contributed by atoms with Gasteiger partial charge >= 0.3 is 0 Å². The lowest BCUT2D eigenvalue weighted by molar-refractivity contribution is 0.0730. The Kier molecular flexibility index (Phi) is 6.41. The molecule has 0 aliphatic carbocycles. The molecule has 5 nitrogen and oxygen atoms in total. The number of aryl methyl sites for hydroxylation is 1. The van der Waals surface area contributed by atoms with Crippen LogP contribution in [0.15, 0.2) is 82.0 Å². The first-order valence-electron chi connectivity index (χ1n) is 12.2. The molecule has 1 aliphatic heterocycles. The Morgan fingerprint density at radius 3 is 2.60 bits per heavy atom. The van der Waals surface area contributed by atoms with Crippen molar-refractivity contribution in [3.8, 4) is 5.75 Å². The van der Waals surface area contributed by atoms with Gasteiger partial charge in [-0.05, 0) is 55.2 Å². The molecular formula is C30H29NO4. The molecule has 1 unspecified atom stereocenters. The van der Waals surface area contributed by atoms with E-state index in [0.29, 0.717) is 36.1 Å². The summed E-state index contributed by atoms with van der Waals surface area (Å²) in [5.41, 5.74) is 3.64. The number of hydrogen-bond donors (Lipinski definition) is 0. The van der Waals surface area contributed by atoms with Crippen LogP contribution in [0.1, 0.15) is 58.6 Å². The Morgan fingerprint density at radius 1 is 0.971 bits per heavy atom. The Labute approximate surface area is 205 Å². The van der Waals surface area contributed by atoms with Gasteiger partial charge in [0, 0.05) is 6.54 Å². The number of nitrogens with zero attached hydrogens (tertiary/aromatic N) is 1. The summed E-state index contributed by atoms with van der Waals surface area (Å²) in [6.45, 7) is 5.16. The minimum atomic E-state index is -0.530. The molecule has 1 aliphatic rings. The van der Waals surface area contributed by atoms with Crippen LogP contribution in [0, 0.1) is 6.92 Å². The number of amides is 1. The van der Waals surface area contributed by atoms with E-state index < -0.39 is 6.04 Å². The molecule has 3 aromatic carbocycles. The summed E-state index contributed by atoms with van der Waals surface area (Å²) in [7, 11) is 0. The van der Waals surface area contributed by atoms with Crippen molar-refractivity contribution in [2.75, 3.05) is 13.2 Å². The number of carbonyl (C=O) groups is 1. The summed E-state index contributed by atoms with van der Waals surface area (Å²) in [4.78, 5) is 29.1. The average Bonchev–Trinajstić information content (AvgIpc) is 3.16. The van der Waals surface area contributed by atoms with Gasteiger partial charge in [-0.2, -0.15) is 0 Å². The first-order valence-corrected chi connectivity index (χ1v) is 12.2. The predicted octanol–water partition coefficient (Wildman–Crippen LogP) is 6.07. The van der Waals surface area contributed by atoms with Gasteiger partial charge in [-0.1, -0.05) is 67.4 Å². The van der Waals surface area contributed by atoms with E-state index in [2.05, 4.69) is 6.92 Å². The molecule has 35 heavy (non-hydrogen) atoms. The van der Waals surface area contributed by atoms with Crippen molar-refractivity contribution in [1.82, 2.24) is 4.90 Å². The zero-order chi connectivity index (χ0) is 24.4. The van der Waals surface area contributed by atoms with Gasteiger partial charge < -0.3 is 14.1 Å². The molecular weight excluding hydrogens is 438 g/mol. The molecule has 0 saturated carbocycles. The van der Waals surface area contributed by atoms with E-state index in [1.54, 1.807) is 11.0 Å². The Hall–Kier alpha value is -3.86. The smallest absolute Gasteiger partial charge is 0.290 e. The number of fused-ring (bicyclic) bond motifs is 2. The number of ether oxygens (including phenoxy) is 1. The quantitative estimate of drug-likeness (QED) is 0.295. The maximum absolute atomic E-state index is 13.7. The van der Waals surface area contributed by atoms with Crippen molar-refractivity contribution in [2.45, 2.75) is 39.2 Å². The van der Waals surface area contributed by atoms with E-state index in [1.165, 1.54) is 0 Å². The van der Waals surface area contributed by atoms with Crippen LogP contribution in [0.2, 0.25) is 0 Å². The van der Waals surface area contributed by atoms with E-state index in [0.717, 1.165) is 35.3 Å². The lowest BCUT2D eigenvalue weighted by atomic mass is 9.97. The highest BCUT2D eigenvalue weighted by Crippen LogP contribution is 2.39. The third-order valence-electron chi connectivity index (χ3n) is 6.55. The van der Waals surface area contributed by atoms with E-state index >= 15 is 0 Å². The molecule has 0 bridgehead atoms. The molecule has 4 aromatic rings. The van der Waals surface area contributed by atoms with Gasteiger partial charge in [-0.3, -0.25) is 9.59 Å². The number of benzene rings is 3. The second kappa shape index (κ2) is 9.79. The normalized spacial score (nSPS) is 15.0. The van der Waals surface area contributed by atoms with E-state index in [4.69, 9.17) is 9.15 Å². The molecule has 5 heteroatoms. The zero-order valence-corrected chi connectivity index (χ0v) is 20.1. The van der Waals surface area contributed by atoms with Crippen LogP contribution in [-0.2, 0) is 6.42 Å². The summed E-state index contributed by atoms with van der Waals surface area (Å²) in [5.74, 6) is 0.625. The largest absolute Gasteiger partial charge is 0.494 e. The highest BCUT2D eigenvalue weighted by atomic mass is 16.5. The van der Waals surface area contributed by atoms with Crippen molar-refractivity contribution in [3.05, 3.63) is 111 Å². The van der Waals surface area contributed by atoms with Gasteiger partial charge in [-0.25, -0.2) is 0 Å². The van der Waals surface area contributed by atoms with Crippen molar-refractivity contribution in [1.29, 1.82) is 0 Å². The number of unbranched alkanes of at least 4 members (excludes halogenated alkanes) is 1. The zero-order valence-electron chi connectivity index (χ0n) is 20.1. The first-order chi connectivity index (χ1) is 17.1. The molecule has 1 aromatic heterocycles. The van der Waals surface area contributed by atoms with Crippen LogP contribution in [0.25, 0.3) is 11.0 Å². The van der Waals surface area contributed by atoms with Crippen LogP contribution in [0.3, 0.4) is 0 Å². The van der Waals surface area contributed by atoms with Crippen molar-refractivity contribution >= 4 is 16.9 Å². The third-order valence-corrected chi connectivity index (χ3v) is 6.55. The SMILES string of the molecule is CCCCOc1cccc(C2c3c(oc4ccc(C)cc4c3=O)C(=O)N2CCc2ccccc2)c1. The lowest BCUT2D eigenvalue weighted by Gasteiger charge is -2.25. The fraction of sp³-hybridized carbons (Fsp3) is 0.267. The van der Waals surface area contributed by atoms with E-state index in [1.807, 2.05) is 73.7 Å². The van der Waals surface area contributed by atoms with Gasteiger partial charge in [0.2, 0.25) is 5.76 Å². The van der Waals surface area contributed by atoms with Gasteiger partial charge in [-0.15, -0.1) is 0 Å². The van der Waals surface area contributed by atoms with Gasteiger partial charge in [0.05, 0.1) is 23.6 Å². The average molecular weight is 468 g/mol. The highest BCUT2D eigenvalue weighted by molar-refractivity contribution is 5.99.